The van der Waals surface area contributed by atoms with E-state index in [0.717, 1.165) is 23.6 Å². The number of H-pyrrole nitrogens is 1. The largest absolute Gasteiger partial charge is 0.310 e. The van der Waals surface area contributed by atoms with E-state index < -0.39 is 0 Å². The average molecular weight is 422 g/mol. The Morgan fingerprint density at radius 2 is 1.83 bits per heavy atom. The van der Waals surface area contributed by atoms with Crippen molar-refractivity contribution in [2.45, 2.75) is 34.0 Å². The van der Waals surface area contributed by atoms with E-state index in [1.165, 1.54) is 4.90 Å². The third kappa shape index (κ3) is 3.83. The first-order chi connectivity index (χ1) is 14.5. The summed E-state index contributed by atoms with van der Waals surface area (Å²) in [6.07, 6.45) is 0. The molecule has 1 unspecified atom stereocenters. The lowest BCUT2D eigenvalue weighted by atomic mass is 10.2. The van der Waals surface area contributed by atoms with Gasteiger partial charge in [-0.3, -0.25) is 9.36 Å². The van der Waals surface area contributed by atoms with Gasteiger partial charge in [-0.05, 0) is 56.8 Å². The number of aromatic nitrogens is 5. The van der Waals surface area contributed by atoms with Crippen LogP contribution in [0.15, 0.2) is 53.3 Å². The van der Waals surface area contributed by atoms with Gasteiger partial charge in [-0.1, -0.05) is 30.3 Å². The number of aryl methyl sites for hydroxylation is 2. The van der Waals surface area contributed by atoms with Crippen LogP contribution in [-0.4, -0.2) is 30.9 Å². The normalized spacial score (nSPS) is 12.4. The lowest BCUT2D eigenvalue weighted by molar-refractivity contribution is -0.935. The van der Waals surface area contributed by atoms with Gasteiger partial charge >= 0.3 is 0 Å². The number of nitrogens with one attached hydrogen (secondary N) is 2. The second-order valence-corrected chi connectivity index (χ2v) is 7.78. The van der Waals surface area contributed by atoms with Crippen LogP contribution in [0.5, 0.6) is 0 Å². The van der Waals surface area contributed by atoms with Crippen LogP contribution in [0.3, 0.4) is 0 Å². The van der Waals surface area contributed by atoms with Crippen LogP contribution in [0.4, 0.5) is 0 Å². The van der Waals surface area contributed by atoms with Gasteiger partial charge < -0.3 is 9.88 Å². The number of hydrogen-bond acceptors (Lipinski definition) is 4. The maximum atomic E-state index is 12.4. The summed E-state index contributed by atoms with van der Waals surface area (Å²) in [6, 6.07) is 15.5. The predicted molar refractivity (Wildman–Crippen MR) is 119 cm³/mol. The van der Waals surface area contributed by atoms with Crippen molar-refractivity contribution < 1.29 is 4.90 Å². The zero-order valence-corrected chi connectivity index (χ0v) is 18.2. The molecule has 8 heteroatoms. The Hall–Kier alpha value is -3.10. The molecule has 0 radical (unpaired) electrons. The molecule has 2 aromatic carbocycles. The Kier molecular flexibility index (Phi) is 5.61. The molecule has 0 bridgehead atoms. The minimum Gasteiger partial charge on any atom is -0.310 e. The van der Waals surface area contributed by atoms with Gasteiger partial charge in [0.1, 0.15) is 12.4 Å². The average Bonchev–Trinajstić information content (AvgIpc) is 3.01. The Morgan fingerprint density at radius 1 is 1.10 bits per heavy atom. The number of nitrogens with zero attached hydrogens (tertiary/aromatic N) is 4. The molecule has 2 N–H and O–H groups in total. The van der Waals surface area contributed by atoms with Gasteiger partial charge in [0.25, 0.3) is 5.56 Å². The van der Waals surface area contributed by atoms with Crippen LogP contribution in [0.2, 0.25) is 0 Å². The number of rotatable bonds is 6. The van der Waals surface area contributed by atoms with E-state index in [4.69, 9.17) is 12.2 Å². The smallest absolute Gasteiger partial charge is 0.258 e. The van der Waals surface area contributed by atoms with Crippen molar-refractivity contribution in [2.24, 2.45) is 0 Å². The number of aromatic amines is 1. The number of fused-ring (bicyclic) bond motifs is 1. The Bertz CT molecular complexity index is 1320. The number of hydrogen-bond donors (Lipinski definition) is 2. The predicted octanol–water partition coefficient (Wildman–Crippen LogP) is 2.32. The molecule has 7 nitrogen and oxygen atoms in total. The molecule has 2 aromatic heterocycles. The van der Waals surface area contributed by atoms with Crippen LogP contribution >= 0.6 is 12.2 Å². The van der Waals surface area contributed by atoms with Gasteiger partial charge in [-0.2, -0.15) is 9.78 Å². The van der Waals surface area contributed by atoms with E-state index in [1.54, 1.807) is 6.07 Å². The number of para-hydroxylation sites is 2. The lowest BCUT2D eigenvalue weighted by Crippen LogP contribution is -3.09. The monoisotopic (exact) mass is 421 g/mol. The lowest BCUT2D eigenvalue weighted by Gasteiger charge is -2.17. The van der Waals surface area contributed by atoms with Crippen molar-refractivity contribution >= 4 is 23.1 Å². The molecule has 0 aliphatic heterocycles. The zero-order valence-electron chi connectivity index (χ0n) is 17.3. The minimum absolute atomic E-state index is 0.109. The van der Waals surface area contributed by atoms with E-state index in [-0.39, 0.29) is 5.56 Å². The summed E-state index contributed by atoms with van der Waals surface area (Å²) < 4.78 is 4.52. The van der Waals surface area contributed by atoms with Crippen LogP contribution in [-0.2, 0) is 13.2 Å². The topological polar surface area (TPSA) is 72.9 Å². The maximum absolute atomic E-state index is 12.4. The molecule has 154 valence electrons. The van der Waals surface area contributed by atoms with Gasteiger partial charge in [0.2, 0.25) is 4.77 Å². The Morgan fingerprint density at radius 3 is 2.60 bits per heavy atom. The Labute approximate surface area is 179 Å². The molecule has 0 fully saturated rings. The van der Waals surface area contributed by atoms with Crippen molar-refractivity contribution in [3.63, 3.8) is 0 Å². The van der Waals surface area contributed by atoms with E-state index in [2.05, 4.69) is 41.0 Å². The van der Waals surface area contributed by atoms with E-state index >= 15 is 0 Å². The molecule has 0 aliphatic rings. The summed E-state index contributed by atoms with van der Waals surface area (Å²) in [5.74, 6) is 1.51. The first-order valence-electron chi connectivity index (χ1n) is 10.0. The van der Waals surface area contributed by atoms with Gasteiger partial charge in [-0.25, -0.2) is 4.98 Å². The minimum atomic E-state index is -0.109. The summed E-state index contributed by atoms with van der Waals surface area (Å²) >= 11 is 5.75. The Balaban J connectivity index is 1.62. The molecule has 4 rings (SSSR count). The third-order valence-electron chi connectivity index (χ3n) is 5.31. The molecule has 0 spiro atoms. The van der Waals surface area contributed by atoms with Crippen LogP contribution in [0.25, 0.3) is 16.6 Å². The highest BCUT2D eigenvalue weighted by atomic mass is 32.1. The standard InChI is InChI=1S/C22H24N6OS/c1-4-26(13-20-23-18-11-7-6-10-17(18)21(29)24-20)14-27-22(30)28(16(3)25-27)19-12-8-5-9-15(19)2/h5-12H,4,13-14H2,1-3H3,(H,23,24,29)/p+1. The van der Waals surface area contributed by atoms with Gasteiger partial charge in [0, 0.05) is 0 Å². The highest BCUT2D eigenvalue weighted by Crippen LogP contribution is 2.16. The first-order valence-corrected chi connectivity index (χ1v) is 10.4. The van der Waals surface area contributed by atoms with E-state index in [1.807, 2.05) is 46.5 Å². The molecule has 4 aromatic rings. The van der Waals surface area contributed by atoms with Crippen molar-refractivity contribution in [1.29, 1.82) is 0 Å². The second kappa shape index (κ2) is 8.33. The van der Waals surface area contributed by atoms with Crippen LogP contribution < -0.4 is 10.5 Å². The summed E-state index contributed by atoms with van der Waals surface area (Å²) in [7, 11) is 0. The molecule has 1 atom stereocenters. The van der Waals surface area contributed by atoms with Gasteiger partial charge in [0.15, 0.2) is 12.5 Å². The third-order valence-corrected chi connectivity index (χ3v) is 5.70. The molecule has 0 aliphatic carbocycles. The highest BCUT2D eigenvalue weighted by Gasteiger charge is 2.16. The highest BCUT2D eigenvalue weighted by molar-refractivity contribution is 7.71. The fourth-order valence-electron chi connectivity index (χ4n) is 3.67. The molecular weight excluding hydrogens is 396 g/mol. The summed E-state index contributed by atoms with van der Waals surface area (Å²) in [5.41, 5.74) is 2.80. The van der Waals surface area contributed by atoms with Crippen LogP contribution in [0.1, 0.15) is 24.1 Å². The van der Waals surface area contributed by atoms with Crippen LogP contribution in [0, 0.1) is 18.6 Å². The van der Waals surface area contributed by atoms with Crippen molar-refractivity contribution in [1.82, 2.24) is 24.3 Å². The molecule has 2 heterocycles. The summed E-state index contributed by atoms with van der Waals surface area (Å²) in [4.78, 5) is 21.1. The number of benzene rings is 2. The molecule has 0 saturated heterocycles. The van der Waals surface area contributed by atoms with Gasteiger partial charge in [-0.15, -0.1) is 0 Å². The fourth-order valence-corrected chi connectivity index (χ4v) is 4.01. The second-order valence-electron chi connectivity index (χ2n) is 7.42. The van der Waals surface area contributed by atoms with Crippen molar-refractivity contribution in [3.05, 3.63) is 80.9 Å². The van der Waals surface area contributed by atoms with Crippen molar-refractivity contribution in [2.75, 3.05) is 6.54 Å². The summed E-state index contributed by atoms with van der Waals surface area (Å²) in [5, 5.41) is 5.29. The maximum Gasteiger partial charge on any atom is 0.258 e. The van der Waals surface area contributed by atoms with Gasteiger partial charge in [0.05, 0.1) is 23.1 Å². The van der Waals surface area contributed by atoms with Crippen molar-refractivity contribution in [3.8, 4) is 5.69 Å². The molecular formula is C22H25N6OS+. The van der Waals surface area contributed by atoms with E-state index in [0.29, 0.717) is 34.7 Å². The first kappa shape index (κ1) is 20.2. The zero-order chi connectivity index (χ0) is 21.3. The fraction of sp³-hybridized carbons (Fsp3) is 0.273. The number of quaternary nitrogens is 1. The molecule has 0 amide bonds. The van der Waals surface area contributed by atoms with E-state index in [9.17, 15) is 4.79 Å². The molecule has 0 saturated carbocycles. The quantitative estimate of drug-likeness (QED) is 0.469. The summed E-state index contributed by atoms with van der Waals surface area (Å²) in [6.45, 7) is 8.14. The molecule has 30 heavy (non-hydrogen) atoms. The SMILES string of the molecule is CC[NH+](Cc1nc2ccccc2c(=O)[nH]1)Cn1nc(C)n(-c2ccccc2C)c1=S.